The van der Waals surface area contributed by atoms with Crippen molar-refractivity contribution >= 4 is 45.2 Å². The van der Waals surface area contributed by atoms with Crippen LogP contribution >= 0.6 is 39.3 Å². The maximum Gasteiger partial charge on any atom is 0.230 e. The molecule has 1 amide bonds. The van der Waals surface area contributed by atoms with Crippen molar-refractivity contribution < 1.29 is 4.79 Å². The molecule has 0 unspecified atom stereocenters. The summed E-state index contributed by atoms with van der Waals surface area (Å²) in [7, 11) is 0. The third-order valence-corrected chi connectivity index (χ3v) is 4.12. The highest BCUT2D eigenvalue weighted by molar-refractivity contribution is 9.10. The first-order chi connectivity index (χ1) is 9.63. The number of thioether (sulfide) groups is 1. The topological polar surface area (TPSA) is 42.0 Å². The number of hydrogen-bond acceptors (Lipinski definition) is 3. The summed E-state index contributed by atoms with van der Waals surface area (Å²) in [5.41, 5.74) is 1.02. The molecule has 0 atom stereocenters. The minimum absolute atomic E-state index is 0.0188. The molecule has 0 aliphatic carbocycles. The second-order valence-electron chi connectivity index (χ2n) is 4.01. The highest BCUT2D eigenvalue weighted by Gasteiger charge is 2.04. The van der Waals surface area contributed by atoms with Gasteiger partial charge in [-0.1, -0.05) is 35.5 Å². The Bertz CT molecular complexity index is 523. The molecule has 0 aliphatic rings. The van der Waals surface area contributed by atoms with E-state index in [0.717, 1.165) is 15.1 Å². The van der Waals surface area contributed by atoms with Crippen LogP contribution in [0.5, 0.6) is 0 Å². The van der Waals surface area contributed by atoms with Gasteiger partial charge in [-0.05, 0) is 45.8 Å². The van der Waals surface area contributed by atoms with Crippen LogP contribution in [-0.2, 0) is 11.3 Å². The molecule has 0 bridgehead atoms. The van der Waals surface area contributed by atoms with E-state index >= 15 is 0 Å². The lowest BCUT2D eigenvalue weighted by Gasteiger charge is -2.05. The largest absolute Gasteiger partial charge is 0.351 e. The minimum atomic E-state index is -0.0188. The number of benzene rings is 1. The summed E-state index contributed by atoms with van der Waals surface area (Å²) in [6.07, 6.45) is 1.72. The van der Waals surface area contributed by atoms with E-state index in [1.807, 2.05) is 36.4 Å². The quantitative estimate of drug-likeness (QED) is 0.810. The number of carbonyl (C=O) groups excluding carboxylic acids is 1. The number of nitrogens with one attached hydrogen (secondary N) is 1. The second kappa shape index (κ2) is 7.67. The number of hydrogen-bond donors (Lipinski definition) is 1. The molecule has 2 aromatic rings. The normalized spacial score (nSPS) is 10.3. The molecule has 0 saturated carbocycles. The average Bonchev–Trinajstić information content (AvgIpc) is 2.46. The van der Waals surface area contributed by atoms with Crippen LogP contribution in [0.2, 0.25) is 5.02 Å². The number of carbonyl (C=O) groups is 1. The Labute approximate surface area is 135 Å². The van der Waals surface area contributed by atoms with Crippen molar-refractivity contribution in [3.05, 3.63) is 57.7 Å². The minimum Gasteiger partial charge on any atom is -0.351 e. The number of amides is 1. The number of aromatic nitrogens is 1. The zero-order valence-corrected chi connectivity index (χ0v) is 13.6. The lowest BCUT2D eigenvalue weighted by Crippen LogP contribution is -2.24. The fraction of sp³-hybridized carbons (Fsp3) is 0.143. The van der Waals surface area contributed by atoms with Gasteiger partial charge in [-0.2, -0.15) is 0 Å². The van der Waals surface area contributed by atoms with Gasteiger partial charge in [0.2, 0.25) is 5.91 Å². The van der Waals surface area contributed by atoms with Crippen LogP contribution in [-0.4, -0.2) is 16.6 Å². The summed E-state index contributed by atoms with van der Waals surface area (Å²) in [5, 5.41) is 4.38. The molecule has 0 fully saturated rings. The molecule has 3 nitrogen and oxygen atoms in total. The number of rotatable bonds is 5. The van der Waals surface area contributed by atoms with Gasteiger partial charge >= 0.3 is 0 Å². The SMILES string of the molecule is O=C(CSc1ccc(Br)cn1)NCc1ccc(Cl)cc1. The van der Waals surface area contributed by atoms with Gasteiger partial charge < -0.3 is 5.32 Å². The monoisotopic (exact) mass is 370 g/mol. The van der Waals surface area contributed by atoms with Crippen molar-refractivity contribution in [1.82, 2.24) is 10.3 Å². The van der Waals surface area contributed by atoms with E-state index in [1.165, 1.54) is 11.8 Å². The van der Waals surface area contributed by atoms with E-state index in [4.69, 9.17) is 11.6 Å². The molecule has 0 radical (unpaired) electrons. The summed E-state index contributed by atoms with van der Waals surface area (Å²) in [4.78, 5) is 15.9. The van der Waals surface area contributed by atoms with Crippen molar-refractivity contribution in [2.75, 3.05) is 5.75 Å². The zero-order valence-electron chi connectivity index (χ0n) is 10.5. The van der Waals surface area contributed by atoms with Crippen molar-refractivity contribution in [3.8, 4) is 0 Å². The van der Waals surface area contributed by atoms with E-state index in [9.17, 15) is 4.79 Å². The van der Waals surface area contributed by atoms with Gasteiger partial charge in [-0.25, -0.2) is 4.98 Å². The molecule has 1 aromatic heterocycles. The smallest absolute Gasteiger partial charge is 0.230 e. The van der Waals surface area contributed by atoms with E-state index in [1.54, 1.807) is 6.20 Å². The van der Waals surface area contributed by atoms with Crippen LogP contribution in [0.4, 0.5) is 0 Å². The molecule has 1 heterocycles. The van der Waals surface area contributed by atoms with Crippen LogP contribution < -0.4 is 5.32 Å². The van der Waals surface area contributed by atoms with Crippen molar-refractivity contribution in [2.24, 2.45) is 0 Å². The molecule has 2 rings (SSSR count). The van der Waals surface area contributed by atoms with Gasteiger partial charge in [0.05, 0.1) is 10.8 Å². The molecule has 20 heavy (non-hydrogen) atoms. The highest BCUT2D eigenvalue weighted by atomic mass is 79.9. The Balaban J connectivity index is 1.75. The van der Waals surface area contributed by atoms with Crippen molar-refractivity contribution in [2.45, 2.75) is 11.6 Å². The lowest BCUT2D eigenvalue weighted by atomic mass is 10.2. The van der Waals surface area contributed by atoms with E-state index in [-0.39, 0.29) is 5.91 Å². The molecule has 1 N–H and O–H groups in total. The number of halogens is 2. The van der Waals surface area contributed by atoms with Crippen LogP contribution in [0.1, 0.15) is 5.56 Å². The Morgan fingerprint density at radius 2 is 2.00 bits per heavy atom. The third kappa shape index (κ3) is 5.15. The third-order valence-electron chi connectivity index (χ3n) is 2.45. The first-order valence-corrected chi connectivity index (χ1v) is 8.04. The molecule has 1 aromatic carbocycles. The molecular weight excluding hydrogens is 360 g/mol. The lowest BCUT2D eigenvalue weighted by molar-refractivity contribution is -0.118. The molecule has 0 saturated heterocycles. The van der Waals surface area contributed by atoms with E-state index < -0.39 is 0 Å². The van der Waals surface area contributed by atoms with Crippen LogP contribution in [0.25, 0.3) is 0 Å². The highest BCUT2D eigenvalue weighted by Crippen LogP contribution is 2.17. The molecule has 6 heteroatoms. The molecule has 0 spiro atoms. The van der Waals surface area contributed by atoms with Gasteiger partial charge in [-0.3, -0.25) is 4.79 Å². The summed E-state index contributed by atoms with van der Waals surface area (Å²) in [5.74, 6) is 0.331. The van der Waals surface area contributed by atoms with Crippen molar-refractivity contribution in [3.63, 3.8) is 0 Å². The van der Waals surface area contributed by atoms with Crippen molar-refractivity contribution in [1.29, 1.82) is 0 Å². The first kappa shape index (κ1) is 15.4. The predicted molar refractivity (Wildman–Crippen MR) is 86.0 cm³/mol. The Morgan fingerprint density at radius 3 is 2.65 bits per heavy atom. The fourth-order valence-corrected chi connectivity index (χ4v) is 2.47. The average molecular weight is 372 g/mol. The Hall–Kier alpha value is -1.04. The van der Waals surface area contributed by atoms with Gasteiger partial charge in [-0.15, -0.1) is 0 Å². The maximum atomic E-state index is 11.7. The Kier molecular flexibility index (Phi) is 5.88. The predicted octanol–water partition coefficient (Wildman–Crippen LogP) is 3.91. The van der Waals surface area contributed by atoms with E-state index in [0.29, 0.717) is 17.3 Å². The standard InChI is InChI=1S/C14H12BrClN2OS/c15-11-3-6-14(18-8-11)20-9-13(19)17-7-10-1-4-12(16)5-2-10/h1-6,8H,7,9H2,(H,17,19). The van der Waals surface area contributed by atoms with E-state index in [2.05, 4.69) is 26.2 Å². The second-order valence-corrected chi connectivity index (χ2v) is 6.35. The molecular formula is C14H12BrClN2OS. The van der Waals surface area contributed by atoms with Gasteiger partial charge in [0.15, 0.2) is 0 Å². The van der Waals surface area contributed by atoms with Gasteiger partial charge in [0.1, 0.15) is 0 Å². The number of pyridine rings is 1. The first-order valence-electron chi connectivity index (χ1n) is 5.89. The van der Waals surface area contributed by atoms with Crippen LogP contribution in [0.3, 0.4) is 0 Å². The fourth-order valence-electron chi connectivity index (χ4n) is 1.44. The summed E-state index contributed by atoms with van der Waals surface area (Å²) in [6.45, 7) is 0.504. The van der Waals surface area contributed by atoms with Gasteiger partial charge in [0, 0.05) is 22.2 Å². The maximum absolute atomic E-state index is 11.7. The summed E-state index contributed by atoms with van der Waals surface area (Å²) < 4.78 is 0.925. The molecule has 0 aliphatic heterocycles. The zero-order chi connectivity index (χ0) is 14.4. The van der Waals surface area contributed by atoms with Crippen LogP contribution in [0, 0.1) is 0 Å². The van der Waals surface area contributed by atoms with Gasteiger partial charge in [0.25, 0.3) is 0 Å². The Morgan fingerprint density at radius 1 is 1.25 bits per heavy atom. The number of nitrogens with zero attached hydrogens (tertiary/aromatic N) is 1. The molecule has 104 valence electrons. The summed E-state index contributed by atoms with van der Waals surface area (Å²) in [6, 6.07) is 11.2. The van der Waals surface area contributed by atoms with Crippen LogP contribution in [0.15, 0.2) is 52.1 Å². The summed E-state index contributed by atoms with van der Waals surface area (Å²) >= 11 is 10.5.